The van der Waals surface area contributed by atoms with Crippen LogP contribution in [0.15, 0.2) is 56.3 Å². The molecule has 0 N–H and O–H groups in total. The largest absolute Gasteiger partial charge is 0.487 e. The Morgan fingerprint density at radius 3 is 2.42 bits per heavy atom. The monoisotopic (exact) mass is 594 g/mol. The third-order valence-corrected chi connectivity index (χ3v) is 7.16. The zero-order chi connectivity index (χ0) is 23.4. The minimum atomic E-state index is -0.469. The first kappa shape index (κ1) is 24.0. The second-order valence-electron chi connectivity index (χ2n) is 7.35. The van der Waals surface area contributed by atoms with Crippen molar-refractivity contribution >= 4 is 66.8 Å². The van der Waals surface area contributed by atoms with Gasteiger partial charge in [-0.25, -0.2) is 0 Å². The van der Waals surface area contributed by atoms with Crippen LogP contribution in [0, 0.1) is 0 Å². The van der Waals surface area contributed by atoms with Crippen LogP contribution < -0.4 is 4.74 Å². The Balaban J connectivity index is 1.45. The molecular formula is C23H20Br2N2O5S. The second kappa shape index (κ2) is 10.9. The van der Waals surface area contributed by atoms with Crippen LogP contribution >= 0.6 is 43.6 Å². The van der Waals surface area contributed by atoms with Crippen molar-refractivity contribution in [3.05, 3.63) is 67.4 Å². The molecule has 4 rings (SSSR count). The number of rotatable bonds is 6. The number of amides is 3. The second-order valence-corrected chi connectivity index (χ2v) is 10.1. The normalized spacial score (nSPS) is 17.7. The molecule has 2 aliphatic rings. The SMILES string of the molecule is O=C(CN1C(=O)S/C(=C\c2cc(Br)c(OCc3ccccc3)c(Br)c2)C1=O)N1CCOCC1. The molecule has 0 unspecified atom stereocenters. The van der Waals surface area contributed by atoms with Crippen LogP contribution in [-0.2, 0) is 20.9 Å². The number of morpholine rings is 1. The van der Waals surface area contributed by atoms with Crippen molar-refractivity contribution in [2.45, 2.75) is 6.61 Å². The highest BCUT2D eigenvalue weighted by Crippen LogP contribution is 2.38. The van der Waals surface area contributed by atoms with E-state index >= 15 is 0 Å². The molecule has 2 saturated heterocycles. The molecular weight excluding hydrogens is 576 g/mol. The summed E-state index contributed by atoms with van der Waals surface area (Å²) in [6, 6.07) is 13.5. The molecule has 0 saturated carbocycles. The zero-order valence-corrected chi connectivity index (χ0v) is 21.4. The first-order valence-electron chi connectivity index (χ1n) is 10.2. The predicted octanol–water partition coefficient (Wildman–Crippen LogP) is 4.69. The molecule has 0 radical (unpaired) electrons. The molecule has 10 heteroatoms. The number of thioether (sulfide) groups is 1. The number of nitrogens with zero attached hydrogens (tertiary/aromatic N) is 2. The van der Waals surface area contributed by atoms with E-state index in [0.29, 0.717) is 53.2 Å². The van der Waals surface area contributed by atoms with Crippen LogP contribution in [0.5, 0.6) is 5.75 Å². The van der Waals surface area contributed by atoms with Crippen LogP contribution in [-0.4, -0.2) is 59.7 Å². The van der Waals surface area contributed by atoms with Gasteiger partial charge in [0.15, 0.2) is 0 Å². The molecule has 172 valence electrons. The molecule has 2 fully saturated rings. The van der Waals surface area contributed by atoms with E-state index in [1.807, 2.05) is 42.5 Å². The smallest absolute Gasteiger partial charge is 0.294 e. The van der Waals surface area contributed by atoms with Crippen LogP contribution in [0.2, 0.25) is 0 Å². The first-order chi connectivity index (χ1) is 15.9. The fraction of sp³-hybridized carbons (Fsp3) is 0.261. The quantitative estimate of drug-likeness (QED) is 0.451. The molecule has 33 heavy (non-hydrogen) atoms. The van der Waals surface area contributed by atoms with Gasteiger partial charge in [0.2, 0.25) is 5.91 Å². The van der Waals surface area contributed by atoms with E-state index < -0.39 is 11.1 Å². The van der Waals surface area contributed by atoms with E-state index in [0.717, 1.165) is 22.2 Å². The van der Waals surface area contributed by atoms with Gasteiger partial charge in [-0.05, 0) is 73.0 Å². The molecule has 0 bridgehead atoms. The molecule has 0 aromatic heterocycles. The number of hydrogen-bond acceptors (Lipinski definition) is 6. The number of carbonyl (C=O) groups is 3. The minimum Gasteiger partial charge on any atom is -0.487 e. The summed E-state index contributed by atoms with van der Waals surface area (Å²) in [7, 11) is 0. The average Bonchev–Trinajstić information content (AvgIpc) is 3.07. The van der Waals surface area contributed by atoms with Gasteiger partial charge < -0.3 is 14.4 Å². The summed E-state index contributed by atoms with van der Waals surface area (Å²) >= 11 is 7.88. The number of imide groups is 1. The number of hydrogen-bond donors (Lipinski definition) is 0. The van der Waals surface area contributed by atoms with Crippen molar-refractivity contribution in [2.75, 3.05) is 32.8 Å². The van der Waals surface area contributed by atoms with Gasteiger partial charge in [0.25, 0.3) is 11.1 Å². The molecule has 2 heterocycles. The summed E-state index contributed by atoms with van der Waals surface area (Å²) in [4.78, 5) is 40.6. The van der Waals surface area contributed by atoms with E-state index in [9.17, 15) is 14.4 Å². The van der Waals surface area contributed by atoms with Crippen LogP contribution in [0.4, 0.5) is 4.79 Å². The molecule has 0 aliphatic carbocycles. The molecule has 2 aliphatic heterocycles. The number of ether oxygens (including phenoxy) is 2. The maximum absolute atomic E-state index is 12.8. The molecule has 2 aromatic rings. The van der Waals surface area contributed by atoms with Gasteiger partial charge in [-0.2, -0.15) is 0 Å². The topological polar surface area (TPSA) is 76.2 Å². The summed E-state index contributed by atoms with van der Waals surface area (Å²) in [5.74, 6) is -0.0873. The Labute approximate surface area is 212 Å². The lowest BCUT2D eigenvalue weighted by atomic mass is 10.2. The van der Waals surface area contributed by atoms with E-state index in [2.05, 4.69) is 31.9 Å². The van der Waals surface area contributed by atoms with Gasteiger partial charge in [0, 0.05) is 13.1 Å². The number of carbonyl (C=O) groups excluding carboxylic acids is 3. The summed E-state index contributed by atoms with van der Waals surface area (Å²) in [5.41, 5.74) is 1.76. The van der Waals surface area contributed by atoms with Crippen molar-refractivity contribution in [3.8, 4) is 5.75 Å². The van der Waals surface area contributed by atoms with Crippen LogP contribution in [0.1, 0.15) is 11.1 Å². The highest BCUT2D eigenvalue weighted by atomic mass is 79.9. The molecule has 0 atom stereocenters. The number of halogens is 2. The van der Waals surface area contributed by atoms with Gasteiger partial charge >= 0.3 is 0 Å². The van der Waals surface area contributed by atoms with Crippen molar-refractivity contribution in [1.82, 2.24) is 9.80 Å². The third-order valence-electron chi connectivity index (χ3n) is 5.08. The van der Waals surface area contributed by atoms with E-state index in [1.54, 1.807) is 11.0 Å². The zero-order valence-electron chi connectivity index (χ0n) is 17.5. The Kier molecular flexibility index (Phi) is 7.90. The lowest BCUT2D eigenvalue weighted by molar-refractivity contribution is -0.139. The molecule has 7 nitrogen and oxygen atoms in total. The average molecular weight is 596 g/mol. The maximum atomic E-state index is 12.8. The fourth-order valence-corrected chi connectivity index (χ4v) is 5.66. The van der Waals surface area contributed by atoms with Gasteiger partial charge in [-0.3, -0.25) is 19.3 Å². The first-order valence-corrected chi connectivity index (χ1v) is 12.6. The maximum Gasteiger partial charge on any atom is 0.294 e. The standard InChI is InChI=1S/C23H20Br2N2O5S/c24-17-10-16(11-18(25)21(17)32-14-15-4-2-1-3-5-15)12-19-22(29)27(23(30)33-19)13-20(28)26-6-8-31-9-7-26/h1-5,10-12H,6-9,13-14H2/b19-12-. The Morgan fingerprint density at radius 1 is 1.09 bits per heavy atom. The molecule has 0 spiro atoms. The number of benzene rings is 2. The summed E-state index contributed by atoms with van der Waals surface area (Å²) in [6.07, 6.45) is 1.64. The molecule has 2 aromatic carbocycles. The summed E-state index contributed by atoms with van der Waals surface area (Å²) in [5, 5.41) is -0.450. The Bertz CT molecular complexity index is 1080. The van der Waals surface area contributed by atoms with Crippen LogP contribution in [0.3, 0.4) is 0 Å². The van der Waals surface area contributed by atoms with Gasteiger partial charge in [0.1, 0.15) is 18.9 Å². The van der Waals surface area contributed by atoms with Crippen molar-refractivity contribution in [1.29, 1.82) is 0 Å². The third kappa shape index (κ3) is 5.87. The van der Waals surface area contributed by atoms with E-state index in [-0.39, 0.29) is 17.4 Å². The lowest BCUT2D eigenvalue weighted by Gasteiger charge is -2.28. The fourth-order valence-electron chi connectivity index (χ4n) is 3.37. The van der Waals surface area contributed by atoms with Crippen LogP contribution in [0.25, 0.3) is 6.08 Å². The van der Waals surface area contributed by atoms with Crippen molar-refractivity contribution in [2.24, 2.45) is 0 Å². The molecule has 3 amide bonds. The Hall–Kier alpha value is -2.14. The van der Waals surface area contributed by atoms with E-state index in [1.165, 1.54) is 0 Å². The van der Waals surface area contributed by atoms with Crippen molar-refractivity contribution < 1.29 is 23.9 Å². The van der Waals surface area contributed by atoms with Gasteiger partial charge in [-0.15, -0.1) is 0 Å². The highest BCUT2D eigenvalue weighted by Gasteiger charge is 2.37. The van der Waals surface area contributed by atoms with Gasteiger partial charge in [0.05, 0.1) is 27.1 Å². The summed E-state index contributed by atoms with van der Waals surface area (Å²) in [6.45, 7) is 2.00. The van der Waals surface area contributed by atoms with Gasteiger partial charge in [-0.1, -0.05) is 30.3 Å². The minimum absolute atomic E-state index is 0.257. The van der Waals surface area contributed by atoms with E-state index in [4.69, 9.17) is 9.47 Å². The van der Waals surface area contributed by atoms with Crippen molar-refractivity contribution in [3.63, 3.8) is 0 Å². The Morgan fingerprint density at radius 2 is 1.76 bits per heavy atom. The lowest BCUT2D eigenvalue weighted by Crippen LogP contribution is -2.46. The highest BCUT2D eigenvalue weighted by molar-refractivity contribution is 9.11. The summed E-state index contributed by atoms with van der Waals surface area (Å²) < 4.78 is 12.6. The predicted molar refractivity (Wildman–Crippen MR) is 133 cm³/mol.